The Hall–Kier alpha value is -1.08. The lowest BCUT2D eigenvalue weighted by Gasteiger charge is -2.48. The Morgan fingerprint density at radius 1 is 1.35 bits per heavy atom. The number of piperidine rings is 1. The highest BCUT2D eigenvalue weighted by atomic mass is 16.4. The van der Waals surface area contributed by atoms with Crippen LogP contribution < -0.4 is 0 Å². The highest BCUT2D eigenvalue weighted by Gasteiger charge is 2.43. The standard InChI is InChI=1S/C13H20N2O2/c1-9(8-14)15-11-5-3-2-4-10(11)6-7-12(15)13(16)17/h9-12H,2-7H2,1H3,(H,16,17). The van der Waals surface area contributed by atoms with Crippen LogP contribution in [0.15, 0.2) is 0 Å². The predicted octanol–water partition coefficient (Wildman–Crippen LogP) is 2.01. The largest absolute Gasteiger partial charge is 0.480 e. The molecule has 0 bridgehead atoms. The van der Waals surface area contributed by atoms with Gasteiger partial charge in [-0.05, 0) is 38.5 Å². The van der Waals surface area contributed by atoms with Crippen molar-refractivity contribution in [1.82, 2.24) is 4.90 Å². The van der Waals surface area contributed by atoms with Crippen molar-refractivity contribution in [2.24, 2.45) is 5.92 Å². The van der Waals surface area contributed by atoms with Crippen LogP contribution in [0.2, 0.25) is 0 Å². The lowest BCUT2D eigenvalue weighted by atomic mass is 9.75. The summed E-state index contributed by atoms with van der Waals surface area (Å²) in [5, 5.41) is 18.4. The van der Waals surface area contributed by atoms with Gasteiger partial charge < -0.3 is 5.11 Å². The quantitative estimate of drug-likeness (QED) is 0.796. The summed E-state index contributed by atoms with van der Waals surface area (Å²) in [7, 11) is 0. The minimum absolute atomic E-state index is 0.290. The molecule has 0 aromatic rings. The molecule has 1 saturated carbocycles. The van der Waals surface area contributed by atoms with Crippen molar-refractivity contribution in [2.75, 3.05) is 0 Å². The summed E-state index contributed by atoms with van der Waals surface area (Å²) in [6.45, 7) is 1.83. The molecule has 2 aliphatic rings. The number of carbonyl (C=O) groups is 1. The molecule has 0 amide bonds. The van der Waals surface area contributed by atoms with Crippen LogP contribution in [0.3, 0.4) is 0 Å². The first-order chi connectivity index (χ1) is 8.15. The molecule has 1 aliphatic carbocycles. The fourth-order valence-corrected chi connectivity index (χ4v) is 3.54. The zero-order chi connectivity index (χ0) is 12.4. The highest BCUT2D eigenvalue weighted by Crippen LogP contribution is 2.38. The molecule has 17 heavy (non-hydrogen) atoms. The van der Waals surface area contributed by atoms with Gasteiger partial charge in [0.25, 0.3) is 0 Å². The fraction of sp³-hybridized carbons (Fsp3) is 0.846. The number of hydrogen-bond donors (Lipinski definition) is 1. The van der Waals surface area contributed by atoms with E-state index in [0.29, 0.717) is 18.4 Å². The van der Waals surface area contributed by atoms with Gasteiger partial charge >= 0.3 is 5.97 Å². The van der Waals surface area contributed by atoms with Crippen molar-refractivity contribution in [1.29, 1.82) is 5.26 Å². The number of nitriles is 1. The zero-order valence-electron chi connectivity index (χ0n) is 10.3. The van der Waals surface area contributed by atoms with Crippen molar-refractivity contribution in [3.05, 3.63) is 0 Å². The van der Waals surface area contributed by atoms with Crippen LogP contribution in [-0.4, -0.2) is 34.1 Å². The van der Waals surface area contributed by atoms with Gasteiger partial charge in [0.15, 0.2) is 0 Å². The van der Waals surface area contributed by atoms with Gasteiger partial charge in [0.05, 0.1) is 12.1 Å². The maximum absolute atomic E-state index is 11.3. The van der Waals surface area contributed by atoms with E-state index < -0.39 is 12.0 Å². The van der Waals surface area contributed by atoms with Gasteiger partial charge in [-0.15, -0.1) is 0 Å². The van der Waals surface area contributed by atoms with E-state index in [1.54, 1.807) is 0 Å². The van der Waals surface area contributed by atoms with Crippen LogP contribution in [0.25, 0.3) is 0 Å². The third-order valence-corrected chi connectivity index (χ3v) is 4.34. The minimum atomic E-state index is -0.767. The molecular weight excluding hydrogens is 216 g/mol. The lowest BCUT2D eigenvalue weighted by molar-refractivity contribution is -0.149. The van der Waals surface area contributed by atoms with E-state index in [0.717, 1.165) is 12.8 Å². The van der Waals surface area contributed by atoms with Crippen LogP contribution in [0.4, 0.5) is 0 Å². The molecule has 0 aromatic heterocycles. The average molecular weight is 236 g/mol. The molecule has 4 nitrogen and oxygen atoms in total. The molecule has 0 spiro atoms. The molecule has 1 saturated heterocycles. The summed E-state index contributed by atoms with van der Waals surface area (Å²) in [4.78, 5) is 13.3. The van der Waals surface area contributed by atoms with Gasteiger partial charge in [-0.3, -0.25) is 9.69 Å². The minimum Gasteiger partial charge on any atom is -0.480 e. The van der Waals surface area contributed by atoms with E-state index in [1.165, 1.54) is 19.3 Å². The number of carboxylic acid groups (broad SMARTS) is 1. The molecule has 0 radical (unpaired) electrons. The predicted molar refractivity (Wildman–Crippen MR) is 63.3 cm³/mol. The number of likely N-dealkylation sites (tertiary alicyclic amines) is 1. The van der Waals surface area contributed by atoms with Crippen molar-refractivity contribution in [3.63, 3.8) is 0 Å². The van der Waals surface area contributed by atoms with Crippen LogP contribution in [0.1, 0.15) is 45.4 Å². The van der Waals surface area contributed by atoms with Crippen LogP contribution in [0, 0.1) is 17.2 Å². The van der Waals surface area contributed by atoms with E-state index in [4.69, 9.17) is 5.26 Å². The first kappa shape index (κ1) is 12.4. The number of fused-ring (bicyclic) bond motifs is 1. The normalized spacial score (nSPS) is 35.6. The second kappa shape index (κ2) is 5.05. The summed E-state index contributed by atoms with van der Waals surface area (Å²) < 4.78 is 0. The van der Waals surface area contributed by atoms with Crippen LogP contribution in [-0.2, 0) is 4.79 Å². The summed E-state index contributed by atoms with van der Waals surface area (Å²) in [6, 6.07) is 1.78. The Labute approximate surface area is 102 Å². The Morgan fingerprint density at radius 2 is 2.06 bits per heavy atom. The van der Waals surface area contributed by atoms with Crippen molar-refractivity contribution < 1.29 is 9.90 Å². The third kappa shape index (κ3) is 2.30. The van der Waals surface area contributed by atoms with Gasteiger partial charge in [-0.2, -0.15) is 5.26 Å². The number of carboxylic acids is 1. The van der Waals surface area contributed by atoms with Crippen molar-refractivity contribution >= 4 is 5.97 Å². The molecule has 1 heterocycles. The highest BCUT2D eigenvalue weighted by molar-refractivity contribution is 5.73. The number of hydrogen-bond acceptors (Lipinski definition) is 3. The fourth-order valence-electron chi connectivity index (χ4n) is 3.54. The Bertz CT molecular complexity index is 337. The SMILES string of the molecule is CC(C#N)N1C(C(=O)O)CCC2CCCCC21. The maximum atomic E-state index is 11.3. The van der Waals surface area contributed by atoms with Gasteiger partial charge in [-0.25, -0.2) is 0 Å². The Kier molecular flexibility index (Phi) is 3.68. The van der Waals surface area contributed by atoms with Gasteiger partial charge in [0, 0.05) is 6.04 Å². The van der Waals surface area contributed by atoms with Gasteiger partial charge in [-0.1, -0.05) is 12.8 Å². The van der Waals surface area contributed by atoms with Gasteiger partial charge in [0.2, 0.25) is 0 Å². The number of nitrogens with zero attached hydrogens (tertiary/aromatic N) is 2. The van der Waals surface area contributed by atoms with E-state index in [2.05, 4.69) is 6.07 Å². The Morgan fingerprint density at radius 3 is 2.71 bits per heavy atom. The number of rotatable bonds is 2. The first-order valence-corrected chi connectivity index (χ1v) is 6.55. The monoisotopic (exact) mass is 236 g/mol. The second-order valence-corrected chi connectivity index (χ2v) is 5.30. The van der Waals surface area contributed by atoms with Crippen molar-refractivity contribution in [3.8, 4) is 6.07 Å². The van der Waals surface area contributed by atoms with Crippen molar-refractivity contribution in [2.45, 2.75) is 63.6 Å². The first-order valence-electron chi connectivity index (χ1n) is 6.55. The summed E-state index contributed by atoms with van der Waals surface area (Å²) >= 11 is 0. The van der Waals surface area contributed by atoms with E-state index in [1.807, 2.05) is 11.8 Å². The van der Waals surface area contributed by atoms with Crippen LogP contribution in [0.5, 0.6) is 0 Å². The maximum Gasteiger partial charge on any atom is 0.320 e. The average Bonchev–Trinajstić information content (AvgIpc) is 2.36. The molecule has 2 fully saturated rings. The second-order valence-electron chi connectivity index (χ2n) is 5.30. The van der Waals surface area contributed by atoms with E-state index >= 15 is 0 Å². The Balaban J connectivity index is 2.22. The molecule has 4 atom stereocenters. The van der Waals surface area contributed by atoms with E-state index in [9.17, 15) is 9.90 Å². The third-order valence-electron chi connectivity index (χ3n) is 4.34. The molecule has 4 unspecified atom stereocenters. The molecule has 1 aliphatic heterocycles. The topological polar surface area (TPSA) is 64.3 Å². The molecule has 94 valence electrons. The molecular formula is C13H20N2O2. The zero-order valence-corrected chi connectivity index (χ0v) is 10.3. The van der Waals surface area contributed by atoms with E-state index in [-0.39, 0.29) is 6.04 Å². The summed E-state index contributed by atoms with van der Waals surface area (Å²) in [5.74, 6) is -0.161. The number of aliphatic carboxylic acids is 1. The molecule has 2 rings (SSSR count). The molecule has 1 N–H and O–H groups in total. The van der Waals surface area contributed by atoms with Gasteiger partial charge in [0.1, 0.15) is 6.04 Å². The van der Waals surface area contributed by atoms with Crippen LogP contribution >= 0.6 is 0 Å². The summed E-state index contributed by atoms with van der Waals surface area (Å²) in [6.07, 6.45) is 6.39. The molecule has 0 aromatic carbocycles. The lowest BCUT2D eigenvalue weighted by Crippen LogP contribution is -2.57. The summed E-state index contributed by atoms with van der Waals surface area (Å²) in [5.41, 5.74) is 0. The molecule has 4 heteroatoms. The smallest absolute Gasteiger partial charge is 0.320 e.